The summed E-state index contributed by atoms with van der Waals surface area (Å²) in [4.78, 5) is 13.9. The second-order valence-corrected chi connectivity index (χ2v) is 10.1. The second-order valence-electron chi connectivity index (χ2n) is 8.43. The number of rotatable bonds is 8. The number of carbonyl (C=O) groups excluding carboxylic acids is 1. The molecule has 1 N–H and O–H groups in total. The summed E-state index contributed by atoms with van der Waals surface area (Å²) in [5.74, 6) is 1.47. The molecule has 0 aliphatic carbocycles. The highest BCUT2D eigenvalue weighted by molar-refractivity contribution is 7.89. The maximum absolute atomic E-state index is 13.2. The largest absolute Gasteiger partial charge is 0.496 e. The van der Waals surface area contributed by atoms with Gasteiger partial charge in [0.1, 0.15) is 11.5 Å². The van der Waals surface area contributed by atoms with Gasteiger partial charge in [0.25, 0.3) is 0 Å². The first-order valence-corrected chi connectivity index (χ1v) is 12.3. The molecule has 1 fully saturated rings. The Balaban J connectivity index is 1.94. The molecule has 1 amide bonds. The van der Waals surface area contributed by atoms with E-state index in [0.717, 1.165) is 28.9 Å². The molecule has 0 saturated carbocycles. The topological polar surface area (TPSA) is 84.9 Å². The minimum Gasteiger partial charge on any atom is -0.496 e. The van der Waals surface area contributed by atoms with E-state index in [0.29, 0.717) is 24.4 Å². The van der Waals surface area contributed by atoms with Gasteiger partial charge in [-0.1, -0.05) is 13.8 Å². The summed E-state index contributed by atoms with van der Waals surface area (Å²) >= 11 is 0. The van der Waals surface area contributed by atoms with Crippen molar-refractivity contribution in [2.24, 2.45) is 0 Å². The summed E-state index contributed by atoms with van der Waals surface area (Å²) in [6.07, 6.45) is 1.19. The van der Waals surface area contributed by atoms with E-state index in [1.807, 2.05) is 26.0 Å². The van der Waals surface area contributed by atoms with Crippen LogP contribution in [0.4, 0.5) is 5.69 Å². The first-order chi connectivity index (χ1) is 15.1. The van der Waals surface area contributed by atoms with Crippen LogP contribution in [-0.2, 0) is 14.8 Å². The maximum Gasteiger partial charge on any atom is 0.241 e. The van der Waals surface area contributed by atoms with Crippen LogP contribution in [0.5, 0.6) is 11.5 Å². The third-order valence-corrected chi connectivity index (χ3v) is 7.40. The average Bonchev–Trinajstić information content (AvgIpc) is 3.17. The van der Waals surface area contributed by atoms with Crippen molar-refractivity contribution in [3.8, 4) is 11.5 Å². The molecule has 7 nitrogen and oxygen atoms in total. The van der Waals surface area contributed by atoms with Crippen LogP contribution in [0.25, 0.3) is 0 Å². The van der Waals surface area contributed by atoms with E-state index in [4.69, 9.17) is 9.47 Å². The lowest BCUT2D eigenvalue weighted by Gasteiger charge is -2.22. The molecule has 1 heterocycles. The molecule has 174 valence electrons. The molecule has 0 aromatic heterocycles. The van der Waals surface area contributed by atoms with Gasteiger partial charge in [0.15, 0.2) is 0 Å². The van der Waals surface area contributed by atoms with Gasteiger partial charge in [-0.05, 0) is 73.2 Å². The number of ether oxygens (including phenoxy) is 2. The Labute approximate surface area is 190 Å². The highest BCUT2D eigenvalue weighted by Crippen LogP contribution is 2.35. The number of anilines is 1. The van der Waals surface area contributed by atoms with Crippen molar-refractivity contribution in [3.05, 3.63) is 47.0 Å². The average molecular weight is 461 g/mol. The predicted molar refractivity (Wildman–Crippen MR) is 125 cm³/mol. The number of aryl methyl sites for hydroxylation is 1. The Morgan fingerprint density at radius 2 is 1.69 bits per heavy atom. The lowest BCUT2D eigenvalue weighted by Crippen LogP contribution is -2.28. The molecule has 2 aromatic carbocycles. The van der Waals surface area contributed by atoms with E-state index in [2.05, 4.69) is 18.6 Å². The smallest absolute Gasteiger partial charge is 0.241 e. The SMILES string of the molecule is COc1cc(C)c([C@H](C)NS(=O)(=O)c2ccc(OC)c(N3CCCC3=O)c2)cc1C(C)C. The van der Waals surface area contributed by atoms with Gasteiger partial charge in [-0.3, -0.25) is 4.79 Å². The molecular weight excluding hydrogens is 428 g/mol. The fourth-order valence-electron chi connectivity index (χ4n) is 4.13. The van der Waals surface area contributed by atoms with Crippen LogP contribution < -0.4 is 19.1 Å². The molecule has 0 spiro atoms. The Morgan fingerprint density at radius 3 is 2.25 bits per heavy atom. The molecule has 0 radical (unpaired) electrons. The van der Waals surface area contributed by atoms with Crippen LogP contribution in [0.15, 0.2) is 35.2 Å². The van der Waals surface area contributed by atoms with Gasteiger partial charge < -0.3 is 14.4 Å². The van der Waals surface area contributed by atoms with Crippen molar-refractivity contribution < 1.29 is 22.7 Å². The predicted octanol–water partition coefficient (Wildman–Crippen LogP) is 4.30. The lowest BCUT2D eigenvalue weighted by molar-refractivity contribution is -0.117. The van der Waals surface area contributed by atoms with E-state index >= 15 is 0 Å². The van der Waals surface area contributed by atoms with Crippen molar-refractivity contribution in [2.45, 2.75) is 57.4 Å². The second kappa shape index (κ2) is 9.50. The summed E-state index contributed by atoms with van der Waals surface area (Å²) in [6.45, 7) is 8.46. The van der Waals surface area contributed by atoms with Crippen molar-refractivity contribution in [3.63, 3.8) is 0 Å². The summed E-state index contributed by atoms with van der Waals surface area (Å²) in [5.41, 5.74) is 3.34. The Bertz CT molecular complexity index is 1110. The van der Waals surface area contributed by atoms with Gasteiger partial charge in [-0.25, -0.2) is 13.1 Å². The fourth-order valence-corrected chi connectivity index (χ4v) is 5.37. The molecule has 1 aliphatic rings. The van der Waals surface area contributed by atoms with E-state index in [-0.39, 0.29) is 16.7 Å². The van der Waals surface area contributed by atoms with E-state index in [1.54, 1.807) is 18.1 Å². The number of nitrogens with one attached hydrogen (secondary N) is 1. The van der Waals surface area contributed by atoms with Crippen LogP contribution in [0.3, 0.4) is 0 Å². The number of amides is 1. The first-order valence-electron chi connectivity index (χ1n) is 10.8. The number of methoxy groups -OCH3 is 2. The van der Waals surface area contributed by atoms with Crippen LogP contribution in [0.2, 0.25) is 0 Å². The third kappa shape index (κ3) is 4.76. The number of hydrogen-bond donors (Lipinski definition) is 1. The van der Waals surface area contributed by atoms with E-state index < -0.39 is 16.1 Å². The maximum atomic E-state index is 13.2. The summed E-state index contributed by atoms with van der Waals surface area (Å²) in [5, 5.41) is 0. The molecule has 0 bridgehead atoms. The summed E-state index contributed by atoms with van der Waals surface area (Å²) in [7, 11) is -0.698. The van der Waals surface area contributed by atoms with E-state index in [9.17, 15) is 13.2 Å². The van der Waals surface area contributed by atoms with Crippen molar-refractivity contribution in [2.75, 3.05) is 25.7 Å². The fraction of sp³-hybridized carbons (Fsp3) is 0.458. The Hall–Kier alpha value is -2.58. The van der Waals surface area contributed by atoms with Crippen LogP contribution in [0.1, 0.15) is 62.3 Å². The monoisotopic (exact) mass is 460 g/mol. The molecule has 0 unspecified atom stereocenters. The highest BCUT2D eigenvalue weighted by atomic mass is 32.2. The molecule has 3 rings (SSSR count). The van der Waals surface area contributed by atoms with Crippen LogP contribution in [-0.4, -0.2) is 35.1 Å². The van der Waals surface area contributed by atoms with Crippen molar-refractivity contribution >= 4 is 21.6 Å². The zero-order chi connectivity index (χ0) is 23.6. The molecular formula is C24H32N2O5S. The molecule has 1 atom stereocenters. The third-order valence-electron chi connectivity index (χ3n) is 5.86. The van der Waals surface area contributed by atoms with Crippen molar-refractivity contribution in [1.82, 2.24) is 4.72 Å². The number of sulfonamides is 1. The minimum absolute atomic E-state index is 0.0331. The molecule has 1 aliphatic heterocycles. The minimum atomic E-state index is -3.84. The number of hydrogen-bond acceptors (Lipinski definition) is 5. The van der Waals surface area contributed by atoms with Gasteiger partial charge in [0, 0.05) is 19.0 Å². The normalized spacial score (nSPS) is 15.3. The lowest BCUT2D eigenvalue weighted by atomic mass is 9.94. The zero-order valence-electron chi connectivity index (χ0n) is 19.6. The number of benzene rings is 2. The first kappa shape index (κ1) is 24.1. The van der Waals surface area contributed by atoms with E-state index in [1.165, 1.54) is 19.2 Å². The van der Waals surface area contributed by atoms with Crippen LogP contribution in [0, 0.1) is 6.92 Å². The standard InChI is InChI=1S/C24H32N2O5S/c1-15(2)19-14-20(16(3)12-23(19)31-6)17(4)25-32(28,29)18-9-10-22(30-5)21(13-18)26-11-7-8-24(26)27/h9-10,12-15,17,25H,7-8,11H2,1-6H3/t17-/m0/s1. The Kier molecular flexibility index (Phi) is 7.15. The zero-order valence-corrected chi connectivity index (χ0v) is 20.4. The van der Waals surface area contributed by atoms with Gasteiger partial charge in [-0.2, -0.15) is 0 Å². The molecule has 32 heavy (non-hydrogen) atoms. The molecule has 8 heteroatoms. The van der Waals surface area contributed by atoms with Crippen LogP contribution >= 0.6 is 0 Å². The summed E-state index contributed by atoms with van der Waals surface area (Å²) in [6, 6.07) is 8.10. The van der Waals surface area contributed by atoms with Gasteiger partial charge in [0.05, 0.1) is 24.8 Å². The number of carbonyl (C=O) groups is 1. The van der Waals surface area contributed by atoms with Gasteiger partial charge in [-0.15, -0.1) is 0 Å². The van der Waals surface area contributed by atoms with Gasteiger partial charge >= 0.3 is 0 Å². The van der Waals surface area contributed by atoms with Gasteiger partial charge in [0.2, 0.25) is 15.9 Å². The number of nitrogens with zero attached hydrogens (tertiary/aromatic N) is 1. The summed E-state index contributed by atoms with van der Waals surface area (Å²) < 4.78 is 40.1. The van der Waals surface area contributed by atoms with Crippen molar-refractivity contribution in [1.29, 1.82) is 0 Å². The highest BCUT2D eigenvalue weighted by Gasteiger charge is 2.27. The molecule has 2 aromatic rings. The molecule has 1 saturated heterocycles. The quantitative estimate of drug-likeness (QED) is 0.635. The Morgan fingerprint density at radius 1 is 1.00 bits per heavy atom.